The van der Waals surface area contributed by atoms with Crippen molar-refractivity contribution >= 4 is 89.5 Å². The molecule has 0 bridgehead atoms. The second-order valence-electron chi connectivity index (χ2n) is 15.4. The van der Waals surface area contributed by atoms with Gasteiger partial charge in [0.15, 0.2) is 0 Å². The van der Waals surface area contributed by atoms with Gasteiger partial charge in [-0.3, -0.25) is 9.59 Å². The minimum absolute atomic E-state index is 0.0340. The van der Waals surface area contributed by atoms with Gasteiger partial charge in [0.25, 0.3) is 0 Å². The highest BCUT2D eigenvalue weighted by atomic mass is 32.2. The van der Waals surface area contributed by atoms with E-state index in [1.807, 2.05) is 55.8 Å². The first kappa shape index (κ1) is 53.9. The summed E-state index contributed by atoms with van der Waals surface area (Å²) in [4.78, 5) is 66.2. The van der Waals surface area contributed by atoms with Crippen LogP contribution in [0.25, 0.3) is 20.9 Å². The summed E-state index contributed by atoms with van der Waals surface area (Å²) < 4.78 is 59.1. The lowest BCUT2D eigenvalue weighted by molar-refractivity contribution is -0.155. The molecule has 24 heteroatoms. The molecule has 4 aromatic heterocycles. The molecule has 6 aromatic rings. The summed E-state index contributed by atoms with van der Waals surface area (Å²) >= 11 is 3.00. The van der Waals surface area contributed by atoms with E-state index in [1.54, 1.807) is 74.8 Å². The molecule has 0 fully saturated rings. The topological polar surface area (TPSA) is 269 Å². The van der Waals surface area contributed by atoms with Crippen molar-refractivity contribution < 1.29 is 56.4 Å². The molecule has 0 saturated carbocycles. The number of nitrogens with one attached hydrogen (secondary N) is 2. The average Bonchev–Trinajstić information content (AvgIpc) is 4.03. The minimum Gasteiger partial charge on any atom is -0.481 e. The van der Waals surface area contributed by atoms with Gasteiger partial charge in [-0.1, -0.05) is 12.1 Å². The van der Waals surface area contributed by atoms with Crippen LogP contribution in [-0.4, -0.2) is 102 Å². The van der Waals surface area contributed by atoms with E-state index in [1.165, 1.54) is 35.2 Å². The number of ether oxygens (including phenoxy) is 5. The smallest absolute Gasteiger partial charge is 0.442 e. The number of benzene rings is 2. The Bertz CT molecular complexity index is 2980. The number of carboxylic acid groups (broad SMARTS) is 1. The Hall–Kier alpha value is -7.02. The monoisotopic (exact) mass is 1040 g/mol. The molecule has 0 saturated heterocycles. The fourth-order valence-corrected chi connectivity index (χ4v) is 9.29. The highest BCUT2D eigenvalue weighted by Gasteiger charge is 2.19. The van der Waals surface area contributed by atoms with E-state index in [4.69, 9.17) is 28.8 Å². The molecule has 2 unspecified atom stereocenters. The fraction of sp³-hybridized carbons (Fsp3) is 0.304. The van der Waals surface area contributed by atoms with Crippen molar-refractivity contribution in [2.24, 2.45) is 8.73 Å². The maximum absolute atomic E-state index is 12.8. The third-order valence-electron chi connectivity index (χ3n) is 8.73. The highest BCUT2D eigenvalue weighted by Crippen LogP contribution is 2.34. The van der Waals surface area contributed by atoms with Crippen LogP contribution in [0.1, 0.15) is 47.5 Å². The summed E-state index contributed by atoms with van der Waals surface area (Å²) in [6, 6.07) is 20.7. The number of thiophene rings is 2. The second-order valence-corrected chi connectivity index (χ2v) is 21.9. The zero-order chi connectivity index (χ0) is 50.9. The van der Waals surface area contributed by atoms with Crippen LogP contribution in [0.4, 0.5) is 32.9 Å². The van der Waals surface area contributed by atoms with Gasteiger partial charge < -0.3 is 39.4 Å². The molecular weight excluding hydrogens is 985 g/mol. The number of amides is 2. The predicted octanol–water partition coefficient (Wildman–Crippen LogP) is 10.1. The summed E-state index contributed by atoms with van der Waals surface area (Å²) in [5.74, 6) is -0.236. The first-order chi connectivity index (χ1) is 33.2. The first-order valence-corrected chi connectivity index (χ1v) is 26.9. The highest BCUT2D eigenvalue weighted by molar-refractivity contribution is 7.93. The third kappa shape index (κ3) is 16.9. The molecule has 4 heterocycles. The maximum atomic E-state index is 12.8. The Morgan fingerprint density at radius 1 is 0.657 bits per heavy atom. The second kappa shape index (κ2) is 25.0. The Kier molecular flexibility index (Phi) is 19.3. The van der Waals surface area contributed by atoms with Gasteiger partial charge in [0.1, 0.15) is 18.8 Å². The Morgan fingerprint density at radius 3 is 1.43 bits per heavy atom. The van der Waals surface area contributed by atoms with E-state index >= 15 is 0 Å². The van der Waals surface area contributed by atoms with Crippen LogP contribution in [-0.2, 0) is 43.3 Å². The number of carbonyl (C=O) groups is 4. The van der Waals surface area contributed by atoms with Gasteiger partial charge in [-0.25, -0.2) is 28.0 Å². The molecule has 0 aliphatic carbocycles. The van der Waals surface area contributed by atoms with E-state index in [0.29, 0.717) is 38.2 Å². The summed E-state index contributed by atoms with van der Waals surface area (Å²) in [6.45, 7) is 9.07. The van der Waals surface area contributed by atoms with Gasteiger partial charge in [0, 0.05) is 55.8 Å². The van der Waals surface area contributed by atoms with E-state index in [9.17, 15) is 27.6 Å². The molecule has 0 aliphatic rings. The van der Waals surface area contributed by atoms with Gasteiger partial charge in [0.2, 0.25) is 23.7 Å². The van der Waals surface area contributed by atoms with Gasteiger partial charge in [-0.15, -0.1) is 31.4 Å². The van der Waals surface area contributed by atoms with Crippen molar-refractivity contribution in [1.29, 1.82) is 0 Å². The number of carbonyl (C=O) groups excluding carboxylic acids is 3. The predicted molar refractivity (Wildman–Crippen MR) is 267 cm³/mol. The van der Waals surface area contributed by atoms with E-state index in [-0.39, 0.29) is 63.0 Å². The molecule has 2 amide bonds. The molecule has 0 radical (unpaired) electrons. The number of esters is 1. The Labute approximate surface area is 413 Å². The molecule has 3 N–H and O–H groups in total. The summed E-state index contributed by atoms with van der Waals surface area (Å²) in [6.07, 6.45) is 4.16. The van der Waals surface area contributed by atoms with Crippen LogP contribution < -0.4 is 20.1 Å². The van der Waals surface area contributed by atoms with Gasteiger partial charge >= 0.3 is 24.1 Å². The number of rotatable bonds is 18. The number of nitrogens with zero attached hydrogens (tertiary/aromatic N) is 6. The SMILES string of the molecule is CCOC(=O)N=S(C)(=O)c1ccc(Nc2ncc(-c3cccs3)c(OCCC(=O)O)n2)cc1.CCOC(=O)N=S(C)(=O)c1ccc(Nc2ncc(-c3cccs3)c(OCCC(=O)OC(C)(C)C)n2)cc1. The fourth-order valence-electron chi connectivity index (χ4n) is 5.66. The van der Waals surface area contributed by atoms with Crippen molar-refractivity contribution in [3.63, 3.8) is 0 Å². The normalized spacial score (nSPS) is 12.6. The van der Waals surface area contributed by atoms with Crippen molar-refractivity contribution in [3.8, 4) is 32.6 Å². The van der Waals surface area contributed by atoms with Crippen LogP contribution in [0.5, 0.6) is 11.8 Å². The van der Waals surface area contributed by atoms with Crippen LogP contribution in [0.15, 0.2) is 114 Å². The summed E-state index contributed by atoms with van der Waals surface area (Å²) in [7, 11) is -5.90. The minimum atomic E-state index is -2.95. The van der Waals surface area contributed by atoms with Gasteiger partial charge in [-0.05, 0) is 106 Å². The van der Waals surface area contributed by atoms with Gasteiger partial charge in [0.05, 0.1) is 56.6 Å². The lowest BCUT2D eigenvalue weighted by Gasteiger charge is -2.19. The molecule has 0 spiro atoms. The number of hydrogen-bond donors (Lipinski definition) is 3. The average molecular weight is 1040 g/mol. The van der Waals surface area contributed by atoms with E-state index < -0.39 is 43.2 Å². The van der Waals surface area contributed by atoms with Crippen molar-refractivity contribution in [3.05, 3.63) is 96.0 Å². The number of aliphatic carboxylic acids is 1. The molecular formula is C46H52N8O12S4. The maximum Gasteiger partial charge on any atom is 0.442 e. The zero-order valence-electron chi connectivity index (χ0n) is 39.2. The van der Waals surface area contributed by atoms with Crippen LogP contribution in [0.3, 0.4) is 0 Å². The molecule has 20 nitrogen and oxygen atoms in total. The standard InChI is InChI=1S/C25H30N4O6S2.C21H22N4O6S2/c1-6-33-24(31)29-37(5,32)18-11-9-17(10-12-18)27-23-26-16-19(20-8-7-15-36-20)22(28-23)34-14-13-21(30)35-25(2,3)4;1-3-30-21(28)25-33(2,29)15-8-6-14(7-9-15)23-20-22-13-16(17-5-4-12-32-17)19(24-20)31-11-10-18(26)27/h7-12,15-16H,6,13-14H2,1-5H3,(H,26,27,28);4-9,12-13H,3,10-11H2,1-2H3,(H,26,27)(H,22,23,24). The molecule has 0 aliphatic heterocycles. The quantitative estimate of drug-likeness (QED) is 0.0533. The van der Waals surface area contributed by atoms with Crippen molar-refractivity contribution in [2.45, 2.75) is 62.9 Å². The largest absolute Gasteiger partial charge is 0.481 e. The molecule has 2 aromatic carbocycles. The van der Waals surface area contributed by atoms with Crippen LogP contribution >= 0.6 is 22.7 Å². The van der Waals surface area contributed by atoms with Crippen LogP contribution in [0.2, 0.25) is 0 Å². The molecule has 2 atom stereocenters. The third-order valence-corrected chi connectivity index (χ3v) is 13.8. The summed E-state index contributed by atoms with van der Waals surface area (Å²) in [5.41, 5.74) is 2.01. The molecule has 70 heavy (non-hydrogen) atoms. The lowest BCUT2D eigenvalue weighted by Crippen LogP contribution is -2.24. The van der Waals surface area contributed by atoms with E-state index in [2.05, 4.69) is 39.3 Å². The van der Waals surface area contributed by atoms with E-state index in [0.717, 1.165) is 9.75 Å². The number of anilines is 4. The number of hydrogen-bond acceptors (Lipinski definition) is 19. The van der Waals surface area contributed by atoms with Crippen molar-refractivity contribution in [2.75, 3.05) is 49.6 Å². The number of aromatic nitrogens is 4. The lowest BCUT2D eigenvalue weighted by atomic mass is 10.2. The molecule has 372 valence electrons. The molecule has 6 rings (SSSR count). The number of carboxylic acids is 1. The van der Waals surface area contributed by atoms with Crippen LogP contribution in [0, 0.1) is 0 Å². The Balaban J connectivity index is 0.000000262. The van der Waals surface area contributed by atoms with Gasteiger partial charge in [-0.2, -0.15) is 9.97 Å². The summed E-state index contributed by atoms with van der Waals surface area (Å²) in [5, 5.41) is 18.8. The van der Waals surface area contributed by atoms with Crippen molar-refractivity contribution in [1.82, 2.24) is 19.9 Å². The zero-order valence-corrected chi connectivity index (χ0v) is 42.5. The first-order valence-electron chi connectivity index (χ1n) is 21.3. The Morgan fingerprint density at radius 2 is 1.07 bits per heavy atom.